The summed E-state index contributed by atoms with van der Waals surface area (Å²) in [7, 11) is 1.75. The first kappa shape index (κ1) is 16.8. The Morgan fingerprint density at radius 3 is 2.24 bits per heavy atom. The number of hydrogen-bond donors (Lipinski definition) is 3. The lowest BCUT2D eigenvalue weighted by molar-refractivity contribution is -0.134. The fourth-order valence-electron chi connectivity index (χ4n) is 2.50. The van der Waals surface area contributed by atoms with E-state index in [0.29, 0.717) is 6.42 Å². The minimum absolute atomic E-state index is 0.202. The van der Waals surface area contributed by atoms with Crippen LogP contribution >= 0.6 is 0 Å². The summed E-state index contributed by atoms with van der Waals surface area (Å²) in [6.07, 6.45) is 2.76. The van der Waals surface area contributed by atoms with Gasteiger partial charge in [-0.3, -0.25) is 4.84 Å². The SMILES string of the molecule is CCCC(C)(CC(C)(CC)C(O)CO)ONC. The molecule has 0 saturated carbocycles. The fourth-order valence-corrected chi connectivity index (χ4v) is 2.50. The van der Waals surface area contributed by atoms with Crippen LogP contribution in [0.4, 0.5) is 0 Å². The van der Waals surface area contributed by atoms with Crippen LogP contribution in [0.1, 0.15) is 53.4 Å². The second-order valence-corrected chi connectivity index (χ2v) is 5.39. The molecule has 0 saturated heterocycles. The maximum Gasteiger partial charge on any atom is 0.0874 e. The van der Waals surface area contributed by atoms with E-state index in [2.05, 4.69) is 12.4 Å². The van der Waals surface area contributed by atoms with Gasteiger partial charge in [0, 0.05) is 7.05 Å². The molecule has 0 spiro atoms. The van der Waals surface area contributed by atoms with Gasteiger partial charge in [-0.2, -0.15) is 0 Å². The van der Waals surface area contributed by atoms with Crippen molar-refractivity contribution in [3.63, 3.8) is 0 Å². The quantitative estimate of drug-likeness (QED) is 0.544. The molecular formula is C13H29NO3. The lowest BCUT2D eigenvalue weighted by Gasteiger charge is -2.40. The molecule has 4 nitrogen and oxygen atoms in total. The molecule has 0 aromatic heterocycles. The van der Waals surface area contributed by atoms with Crippen molar-refractivity contribution in [1.82, 2.24) is 5.48 Å². The van der Waals surface area contributed by atoms with E-state index < -0.39 is 6.10 Å². The molecule has 3 N–H and O–H groups in total. The Labute approximate surface area is 105 Å². The summed E-state index contributed by atoms with van der Waals surface area (Å²) >= 11 is 0. The normalized spacial score (nSPS) is 20.6. The number of rotatable bonds is 9. The second-order valence-electron chi connectivity index (χ2n) is 5.39. The van der Waals surface area contributed by atoms with Crippen molar-refractivity contribution < 1.29 is 15.1 Å². The third-order valence-electron chi connectivity index (χ3n) is 3.69. The standard InChI is InChI=1S/C13H29NO3/c1-6-8-13(4,17-14-5)10-12(3,7-2)11(16)9-15/h11,14-16H,6-10H2,1-5H3. The highest BCUT2D eigenvalue weighted by atomic mass is 16.7. The largest absolute Gasteiger partial charge is 0.394 e. The Morgan fingerprint density at radius 2 is 1.88 bits per heavy atom. The zero-order chi connectivity index (χ0) is 13.5. The molecule has 0 radical (unpaired) electrons. The van der Waals surface area contributed by atoms with Crippen LogP contribution in [-0.4, -0.2) is 35.6 Å². The molecule has 0 aromatic carbocycles. The molecule has 0 aliphatic heterocycles. The van der Waals surface area contributed by atoms with E-state index in [1.54, 1.807) is 7.05 Å². The van der Waals surface area contributed by atoms with Crippen molar-refractivity contribution in [2.24, 2.45) is 5.41 Å². The van der Waals surface area contributed by atoms with Crippen LogP contribution in [-0.2, 0) is 4.84 Å². The van der Waals surface area contributed by atoms with Crippen molar-refractivity contribution in [1.29, 1.82) is 0 Å². The van der Waals surface area contributed by atoms with Crippen LogP contribution in [0.3, 0.4) is 0 Å². The molecular weight excluding hydrogens is 218 g/mol. The van der Waals surface area contributed by atoms with Crippen molar-refractivity contribution >= 4 is 0 Å². The predicted octanol–water partition coefficient (Wildman–Crippen LogP) is 1.86. The monoisotopic (exact) mass is 247 g/mol. The first-order valence-electron chi connectivity index (χ1n) is 6.51. The Morgan fingerprint density at radius 1 is 1.29 bits per heavy atom. The lowest BCUT2D eigenvalue weighted by Crippen LogP contribution is -2.44. The number of nitrogens with one attached hydrogen (secondary N) is 1. The number of aliphatic hydroxyl groups excluding tert-OH is 2. The molecule has 0 rings (SSSR count). The number of hydroxylamine groups is 1. The summed E-state index contributed by atoms with van der Waals surface area (Å²) in [4.78, 5) is 5.62. The van der Waals surface area contributed by atoms with E-state index in [0.717, 1.165) is 19.3 Å². The molecule has 104 valence electrons. The van der Waals surface area contributed by atoms with Gasteiger partial charge in [0.25, 0.3) is 0 Å². The summed E-state index contributed by atoms with van der Waals surface area (Å²) in [5.41, 5.74) is 2.11. The third-order valence-corrected chi connectivity index (χ3v) is 3.69. The number of aliphatic hydroxyl groups is 2. The highest BCUT2D eigenvalue weighted by molar-refractivity contribution is 4.89. The first-order chi connectivity index (χ1) is 7.87. The molecule has 0 bridgehead atoms. The van der Waals surface area contributed by atoms with Crippen molar-refractivity contribution in [3.05, 3.63) is 0 Å². The zero-order valence-corrected chi connectivity index (χ0v) is 11.9. The topological polar surface area (TPSA) is 61.7 Å². The van der Waals surface area contributed by atoms with Gasteiger partial charge in [0.15, 0.2) is 0 Å². The fraction of sp³-hybridized carbons (Fsp3) is 1.00. The van der Waals surface area contributed by atoms with Crippen LogP contribution in [0, 0.1) is 5.41 Å². The van der Waals surface area contributed by atoms with Gasteiger partial charge in [-0.15, -0.1) is 0 Å². The predicted molar refractivity (Wildman–Crippen MR) is 69.6 cm³/mol. The van der Waals surface area contributed by atoms with E-state index in [1.807, 2.05) is 20.8 Å². The smallest absolute Gasteiger partial charge is 0.0874 e. The molecule has 3 atom stereocenters. The van der Waals surface area contributed by atoms with Gasteiger partial charge in [-0.1, -0.05) is 27.2 Å². The molecule has 0 aliphatic carbocycles. The molecule has 0 aliphatic rings. The Balaban J connectivity index is 4.80. The van der Waals surface area contributed by atoms with Gasteiger partial charge in [0.05, 0.1) is 18.3 Å². The highest BCUT2D eigenvalue weighted by Crippen LogP contribution is 2.38. The van der Waals surface area contributed by atoms with Gasteiger partial charge < -0.3 is 10.2 Å². The van der Waals surface area contributed by atoms with Crippen molar-refractivity contribution in [2.75, 3.05) is 13.7 Å². The van der Waals surface area contributed by atoms with Crippen LogP contribution < -0.4 is 5.48 Å². The minimum Gasteiger partial charge on any atom is -0.394 e. The molecule has 3 unspecified atom stereocenters. The lowest BCUT2D eigenvalue weighted by atomic mass is 9.72. The molecule has 4 heteroatoms. The van der Waals surface area contributed by atoms with E-state index >= 15 is 0 Å². The molecule has 0 heterocycles. The van der Waals surface area contributed by atoms with Crippen LogP contribution in [0.15, 0.2) is 0 Å². The molecule has 0 aromatic rings. The van der Waals surface area contributed by atoms with Crippen LogP contribution in [0.5, 0.6) is 0 Å². The average Bonchev–Trinajstić information content (AvgIpc) is 2.28. The van der Waals surface area contributed by atoms with Crippen LogP contribution in [0.2, 0.25) is 0 Å². The molecule has 0 amide bonds. The van der Waals surface area contributed by atoms with Crippen LogP contribution in [0.25, 0.3) is 0 Å². The number of hydrogen-bond acceptors (Lipinski definition) is 4. The zero-order valence-electron chi connectivity index (χ0n) is 11.9. The molecule has 0 fully saturated rings. The van der Waals surface area contributed by atoms with Gasteiger partial charge in [-0.25, -0.2) is 5.48 Å². The summed E-state index contributed by atoms with van der Waals surface area (Å²) in [6.45, 7) is 7.99. The summed E-state index contributed by atoms with van der Waals surface area (Å²) in [5.74, 6) is 0. The average molecular weight is 247 g/mol. The highest BCUT2D eigenvalue weighted by Gasteiger charge is 2.39. The summed E-state index contributed by atoms with van der Waals surface area (Å²) < 4.78 is 0. The Bertz CT molecular complexity index is 205. The maximum absolute atomic E-state index is 9.95. The summed E-state index contributed by atoms with van der Waals surface area (Å²) in [5, 5.41) is 19.1. The van der Waals surface area contributed by atoms with E-state index in [-0.39, 0.29) is 17.6 Å². The van der Waals surface area contributed by atoms with Crippen molar-refractivity contribution in [3.8, 4) is 0 Å². The van der Waals surface area contributed by atoms with Gasteiger partial charge >= 0.3 is 0 Å². The first-order valence-corrected chi connectivity index (χ1v) is 6.51. The Kier molecular flexibility index (Phi) is 7.24. The maximum atomic E-state index is 9.95. The van der Waals surface area contributed by atoms with Crippen molar-refractivity contribution in [2.45, 2.75) is 65.1 Å². The van der Waals surface area contributed by atoms with E-state index in [4.69, 9.17) is 9.94 Å². The van der Waals surface area contributed by atoms with Gasteiger partial charge in [0.1, 0.15) is 0 Å². The third kappa shape index (κ3) is 4.92. The van der Waals surface area contributed by atoms with E-state index in [1.165, 1.54) is 0 Å². The van der Waals surface area contributed by atoms with Gasteiger partial charge in [0.2, 0.25) is 0 Å². The Hall–Kier alpha value is -0.160. The van der Waals surface area contributed by atoms with Gasteiger partial charge in [-0.05, 0) is 31.6 Å². The second kappa shape index (κ2) is 7.31. The molecule has 17 heavy (non-hydrogen) atoms. The van der Waals surface area contributed by atoms with E-state index in [9.17, 15) is 5.11 Å². The minimum atomic E-state index is -0.705. The summed E-state index contributed by atoms with van der Waals surface area (Å²) in [6, 6.07) is 0.